The Bertz CT molecular complexity index is 330. The first-order valence-electron chi connectivity index (χ1n) is 3.96. The van der Waals surface area contributed by atoms with E-state index in [1.54, 1.807) is 0 Å². The average molecular weight is 272 g/mol. The number of rotatable bonds is 6. The van der Waals surface area contributed by atoms with Crippen LogP contribution in [0.1, 0.15) is 13.3 Å². The smallest absolute Gasteiger partial charge is 0.336 e. The van der Waals surface area contributed by atoms with Crippen molar-refractivity contribution in [3.8, 4) is 0 Å². The van der Waals surface area contributed by atoms with Crippen LogP contribution in [0.3, 0.4) is 0 Å². The van der Waals surface area contributed by atoms with E-state index >= 15 is 0 Å². The van der Waals surface area contributed by atoms with Crippen molar-refractivity contribution in [2.75, 3.05) is 6.61 Å². The van der Waals surface area contributed by atoms with Crippen LogP contribution in [-0.2, 0) is 14.9 Å². The largest absolute Gasteiger partial charge is 0.432 e. The summed E-state index contributed by atoms with van der Waals surface area (Å²) in [6.07, 6.45) is -4.53. The Balaban J connectivity index is 5.36. The minimum absolute atomic E-state index is 0.0973. The van der Waals surface area contributed by atoms with Crippen LogP contribution in [0.4, 0.5) is 22.0 Å². The van der Waals surface area contributed by atoms with E-state index in [4.69, 9.17) is 4.55 Å². The van der Waals surface area contributed by atoms with Gasteiger partial charge in [0.15, 0.2) is 0 Å². The van der Waals surface area contributed by atoms with Crippen LogP contribution in [0.25, 0.3) is 0 Å². The predicted octanol–water partition coefficient (Wildman–Crippen LogP) is 1.82. The zero-order chi connectivity index (χ0) is 13.2. The molecule has 0 saturated heterocycles. The lowest BCUT2D eigenvalue weighted by molar-refractivity contribution is -0.296. The monoisotopic (exact) mass is 272 g/mol. The van der Waals surface area contributed by atoms with Crippen LogP contribution in [0, 0.1) is 0 Å². The second-order valence-electron chi connectivity index (χ2n) is 2.79. The molecule has 16 heavy (non-hydrogen) atoms. The Morgan fingerprint density at radius 2 is 1.75 bits per heavy atom. The number of alkyl halides is 5. The molecule has 1 unspecified atom stereocenters. The summed E-state index contributed by atoms with van der Waals surface area (Å²) in [5, 5.41) is -5.75. The standard InChI is InChI=1S/C6H9F5O4S/c1-2-3-15-5(9,4(7)8)6(10,11)16(12,13)14/h4H,2-3H2,1H3,(H,12,13,14). The summed E-state index contributed by atoms with van der Waals surface area (Å²) in [4.78, 5) is 0. The van der Waals surface area contributed by atoms with E-state index in [2.05, 4.69) is 4.74 Å². The molecule has 0 saturated carbocycles. The summed E-state index contributed by atoms with van der Waals surface area (Å²) in [7, 11) is -6.35. The normalized spacial score (nSPS) is 17.5. The second-order valence-corrected chi connectivity index (χ2v) is 4.25. The van der Waals surface area contributed by atoms with Crippen LogP contribution in [0.2, 0.25) is 0 Å². The minimum Gasteiger partial charge on any atom is -0.336 e. The molecule has 0 aromatic carbocycles. The number of halogens is 5. The molecule has 0 amide bonds. The Morgan fingerprint density at radius 3 is 2.00 bits per heavy atom. The molecule has 1 atom stereocenters. The molecule has 0 fully saturated rings. The van der Waals surface area contributed by atoms with Gasteiger partial charge in [0.25, 0.3) is 0 Å². The minimum atomic E-state index is -6.35. The maximum Gasteiger partial charge on any atom is 0.432 e. The molecule has 0 aromatic heterocycles. The summed E-state index contributed by atoms with van der Waals surface area (Å²) >= 11 is 0. The molecular formula is C6H9F5O4S. The van der Waals surface area contributed by atoms with Crippen molar-refractivity contribution in [1.82, 2.24) is 0 Å². The SMILES string of the molecule is CCCOC(F)(C(F)F)C(F)(F)S(=O)(=O)O. The third-order valence-corrected chi connectivity index (χ3v) is 2.44. The quantitative estimate of drug-likeness (QED) is 0.591. The van der Waals surface area contributed by atoms with E-state index in [-0.39, 0.29) is 6.42 Å². The Morgan fingerprint density at radius 1 is 1.31 bits per heavy atom. The lowest BCUT2D eigenvalue weighted by atomic mass is 10.3. The number of hydrogen-bond donors (Lipinski definition) is 1. The molecule has 0 aliphatic heterocycles. The Labute approximate surface area is 88.1 Å². The predicted molar refractivity (Wildman–Crippen MR) is 42.6 cm³/mol. The number of hydrogen-bond acceptors (Lipinski definition) is 3. The molecule has 98 valence electrons. The molecular weight excluding hydrogens is 263 g/mol. The fourth-order valence-corrected chi connectivity index (χ4v) is 1.20. The third-order valence-electron chi connectivity index (χ3n) is 1.52. The van der Waals surface area contributed by atoms with Crippen molar-refractivity contribution in [2.24, 2.45) is 0 Å². The molecule has 0 aliphatic carbocycles. The van der Waals surface area contributed by atoms with Gasteiger partial charge in [-0.1, -0.05) is 6.92 Å². The van der Waals surface area contributed by atoms with E-state index in [9.17, 15) is 30.4 Å². The number of ether oxygens (including phenoxy) is 1. The van der Waals surface area contributed by atoms with Gasteiger partial charge in [-0.05, 0) is 6.42 Å². The zero-order valence-electron chi connectivity index (χ0n) is 7.96. The highest BCUT2D eigenvalue weighted by Crippen LogP contribution is 2.42. The molecule has 1 N–H and O–H groups in total. The third kappa shape index (κ3) is 2.61. The highest BCUT2D eigenvalue weighted by atomic mass is 32.2. The van der Waals surface area contributed by atoms with Crippen LogP contribution in [0.15, 0.2) is 0 Å². The summed E-state index contributed by atoms with van der Waals surface area (Å²) in [5.74, 6) is -5.07. The Kier molecular flexibility index (Phi) is 4.65. The molecule has 0 spiro atoms. The van der Waals surface area contributed by atoms with Crippen LogP contribution in [0.5, 0.6) is 0 Å². The summed E-state index contributed by atoms with van der Waals surface area (Å²) in [6, 6.07) is 0. The molecule has 0 aromatic rings. The van der Waals surface area contributed by atoms with E-state index in [0.717, 1.165) is 0 Å². The molecule has 0 radical (unpaired) electrons. The van der Waals surface area contributed by atoms with Gasteiger partial charge in [-0.2, -0.15) is 21.6 Å². The molecule has 0 bridgehead atoms. The molecule has 0 heterocycles. The topological polar surface area (TPSA) is 63.6 Å². The van der Waals surface area contributed by atoms with Crippen molar-refractivity contribution in [3.05, 3.63) is 0 Å². The maximum atomic E-state index is 13.1. The van der Waals surface area contributed by atoms with E-state index in [1.807, 2.05) is 0 Å². The Hall–Kier alpha value is -0.480. The van der Waals surface area contributed by atoms with Gasteiger partial charge in [0.2, 0.25) is 0 Å². The van der Waals surface area contributed by atoms with Crippen molar-refractivity contribution >= 4 is 10.1 Å². The molecule has 10 heteroatoms. The fraction of sp³-hybridized carbons (Fsp3) is 1.00. The average Bonchev–Trinajstić information content (AvgIpc) is 2.11. The molecule has 4 nitrogen and oxygen atoms in total. The highest BCUT2D eigenvalue weighted by molar-refractivity contribution is 7.87. The van der Waals surface area contributed by atoms with Gasteiger partial charge in [0.1, 0.15) is 0 Å². The zero-order valence-corrected chi connectivity index (χ0v) is 8.78. The van der Waals surface area contributed by atoms with Crippen LogP contribution >= 0.6 is 0 Å². The van der Waals surface area contributed by atoms with Crippen molar-refractivity contribution in [1.29, 1.82) is 0 Å². The van der Waals surface area contributed by atoms with Gasteiger partial charge in [0, 0.05) is 0 Å². The fourth-order valence-electron chi connectivity index (χ4n) is 0.700. The van der Waals surface area contributed by atoms with Crippen molar-refractivity contribution in [2.45, 2.75) is 30.9 Å². The maximum absolute atomic E-state index is 13.1. The van der Waals surface area contributed by atoms with Gasteiger partial charge >= 0.3 is 27.7 Å². The first-order chi connectivity index (χ1) is 7.00. The van der Waals surface area contributed by atoms with E-state index in [0.29, 0.717) is 0 Å². The highest BCUT2D eigenvalue weighted by Gasteiger charge is 2.70. The first-order valence-corrected chi connectivity index (χ1v) is 5.40. The second kappa shape index (κ2) is 4.80. The lowest BCUT2D eigenvalue weighted by Gasteiger charge is -2.29. The van der Waals surface area contributed by atoms with Gasteiger partial charge in [0.05, 0.1) is 6.61 Å². The molecule has 0 rings (SSSR count). The van der Waals surface area contributed by atoms with Crippen LogP contribution in [-0.4, -0.2) is 37.1 Å². The first kappa shape index (κ1) is 15.5. The summed E-state index contributed by atoms with van der Waals surface area (Å²) < 4.78 is 94.5. The van der Waals surface area contributed by atoms with E-state index in [1.165, 1.54) is 6.92 Å². The summed E-state index contributed by atoms with van der Waals surface area (Å²) in [6.45, 7) is 0.448. The van der Waals surface area contributed by atoms with Crippen molar-refractivity contribution in [3.63, 3.8) is 0 Å². The summed E-state index contributed by atoms with van der Waals surface area (Å²) in [5.41, 5.74) is 0. The lowest BCUT2D eigenvalue weighted by Crippen LogP contribution is -2.56. The van der Waals surface area contributed by atoms with Gasteiger partial charge < -0.3 is 4.74 Å². The van der Waals surface area contributed by atoms with E-state index < -0.39 is 34.3 Å². The van der Waals surface area contributed by atoms with Crippen molar-refractivity contribution < 1.29 is 39.7 Å². The van der Waals surface area contributed by atoms with Gasteiger partial charge in [-0.15, -0.1) is 0 Å². The van der Waals surface area contributed by atoms with Gasteiger partial charge in [-0.25, -0.2) is 8.78 Å². The van der Waals surface area contributed by atoms with Gasteiger partial charge in [-0.3, -0.25) is 4.55 Å². The molecule has 0 aliphatic rings. The van der Waals surface area contributed by atoms with Crippen LogP contribution < -0.4 is 0 Å².